The summed E-state index contributed by atoms with van der Waals surface area (Å²) in [5.74, 6) is 0. The predicted octanol–water partition coefficient (Wildman–Crippen LogP) is 2.57. The van der Waals surface area contributed by atoms with E-state index in [4.69, 9.17) is 5.73 Å². The third kappa shape index (κ3) is 2.94. The highest BCUT2D eigenvalue weighted by atomic mass is 15.0. The SMILES string of the molecule is CC1(NCC2(N)CCCC2)CCCCC1. The molecule has 2 aliphatic carbocycles. The Morgan fingerprint density at radius 3 is 2.07 bits per heavy atom. The summed E-state index contributed by atoms with van der Waals surface area (Å²) in [6, 6.07) is 0. The first-order valence-corrected chi connectivity index (χ1v) is 6.66. The molecule has 15 heavy (non-hydrogen) atoms. The molecule has 2 fully saturated rings. The van der Waals surface area contributed by atoms with Gasteiger partial charge in [-0.25, -0.2) is 0 Å². The van der Waals surface area contributed by atoms with Crippen LogP contribution in [0.25, 0.3) is 0 Å². The van der Waals surface area contributed by atoms with Gasteiger partial charge < -0.3 is 11.1 Å². The monoisotopic (exact) mass is 210 g/mol. The van der Waals surface area contributed by atoms with Crippen LogP contribution < -0.4 is 11.1 Å². The zero-order chi connectivity index (χ0) is 10.8. The molecule has 2 aliphatic rings. The summed E-state index contributed by atoms with van der Waals surface area (Å²) in [5.41, 5.74) is 6.87. The van der Waals surface area contributed by atoms with E-state index in [0.717, 1.165) is 6.54 Å². The van der Waals surface area contributed by atoms with Gasteiger partial charge >= 0.3 is 0 Å². The van der Waals surface area contributed by atoms with Crippen LogP contribution in [0.2, 0.25) is 0 Å². The largest absolute Gasteiger partial charge is 0.324 e. The average Bonchev–Trinajstić information content (AvgIpc) is 2.65. The molecular formula is C13H26N2. The zero-order valence-corrected chi connectivity index (χ0v) is 10.1. The predicted molar refractivity (Wildman–Crippen MR) is 64.9 cm³/mol. The van der Waals surface area contributed by atoms with Gasteiger partial charge in [0, 0.05) is 17.6 Å². The summed E-state index contributed by atoms with van der Waals surface area (Å²) in [6.45, 7) is 3.41. The third-order valence-electron chi connectivity index (χ3n) is 4.42. The van der Waals surface area contributed by atoms with Crippen molar-refractivity contribution in [2.75, 3.05) is 6.54 Å². The van der Waals surface area contributed by atoms with Crippen molar-refractivity contribution in [3.8, 4) is 0 Å². The molecule has 0 amide bonds. The first-order chi connectivity index (χ1) is 7.12. The van der Waals surface area contributed by atoms with E-state index in [9.17, 15) is 0 Å². The van der Waals surface area contributed by atoms with Crippen LogP contribution in [-0.2, 0) is 0 Å². The molecule has 2 saturated carbocycles. The van der Waals surface area contributed by atoms with Gasteiger partial charge in [-0.3, -0.25) is 0 Å². The minimum atomic E-state index is 0.112. The smallest absolute Gasteiger partial charge is 0.0281 e. The molecule has 0 aliphatic heterocycles. The highest BCUT2D eigenvalue weighted by molar-refractivity contribution is 4.95. The van der Waals surface area contributed by atoms with Crippen LogP contribution in [0.1, 0.15) is 64.7 Å². The van der Waals surface area contributed by atoms with E-state index >= 15 is 0 Å². The number of nitrogens with two attached hydrogens (primary N) is 1. The molecule has 0 heterocycles. The molecule has 0 atom stereocenters. The van der Waals surface area contributed by atoms with Crippen LogP contribution in [-0.4, -0.2) is 17.6 Å². The van der Waals surface area contributed by atoms with Gasteiger partial charge in [0.05, 0.1) is 0 Å². The summed E-state index contributed by atoms with van der Waals surface area (Å²) in [7, 11) is 0. The van der Waals surface area contributed by atoms with Crippen molar-refractivity contribution in [3.63, 3.8) is 0 Å². The Morgan fingerprint density at radius 2 is 1.47 bits per heavy atom. The lowest BCUT2D eigenvalue weighted by Crippen LogP contribution is -2.54. The van der Waals surface area contributed by atoms with E-state index in [1.165, 1.54) is 57.8 Å². The molecule has 0 spiro atoms. The molecule has 0 radical (unpaired) electrons. The molecular weight excluding hydrogens is 184 g/mol. The zero-order valence-electron chi connectivity index (χ0n) is 10.1. The van der Waals surface area contributed by atoms with Crippen molar-refractivity contribution in [2.45, 2.75) is 75.8 Å². The van der Waals surface area contributed by atoms with Crippen LogP contribution in [0.4, 0.5) is 0 Å². The number of hydrogen-bond donors (Lipinski definition) is 2. The Kier molecular flexibility index (Phi) is 3.36. The Hall–Kier alpha value is -0.0800. The average molecular weight is 210 g/mol. The topological polar surface area (TPSA) is 38.0 Å². The minimum Gasteiger partial charge on any atom is -0.324 e. The van der Waals surface area contributed by atoms with E-state index in [1.807, 2.05) is 0 Å². The maximum absolute atomic E-state index is 6.37. The van der Waals surface area contributed by atoms with Crippen molar-refractivity contribution in [1.82, 2.24) is 5.32 Å². The highest BCUT2D eigenvalue weighted by Gasteiger charge is 2.33. The summed E-state index contributed by atoms with van der Waals surface area (Å²) in [4.78, 5) is 0. The number of nitrogens with one attached hydrogen (secondary N) is 1. The molecule has 2 rings (SSSR count). The van der Waals surface area contributed by atoms with Gasteiger partial charge in [0.2, 0.25) is 0 Å². The van der Waals surface area contributed by atoms with E-state index in [2.05, 4.69) is 12.2 Å². The normalized spacial score (nSPS) is 29.2. The van der Waals surface area contributed by atoms with Crippen LogP contribution >= 0.6 is 0 Å². The standard InChI is InChI=1S/C13H26N2/c1-12(7-3-2-4-8-12)15-11-13(14)9-5-6-10-13/h15H,2-11,14H2,1H3. The second-order valence-corrected chi connectivity index (χ2v) is 6.04. The molecule has 0 aromatic rings. The van der Waals surface area contributed by atoms with Gasteiger partial charge in [-0.15, -0.1) is 0 Å². The first-order valence-electron chi connectivity index (χ1n) is 6.66. The Balaban J connectivity index is 1.80. The van der Waals surface area contributed by atoms with E-state index < -0.39 is 0 Å². The van der Waals surface area contributed by atoms with Crippen molar-refractivity contribution in [2.24, 2.45) is 5.73 Å². The molecule has 3 N–H and O–H groups in total. The molecule has 2 nitrogen and oxygen atoms in total. The molecule has 88 valence electrons. The lowest BCUT2D eigenvalue weighted by atomic mass is 9.82. The maximum Gasteiger partial charge on any atom is 0.0281 e. The van der Waals surface area contributed by atoms with Gasteiger partial charge in [-0.1, -0.05) is 32.1 Å². The molecule has 2 heteroatoms. The van der Waals surface area contributed by atoms with E-state index in [0.29, 0.717) is 5.54 Å². The lowest BCUT2D eigenvalue weighted by molar-refractivity contribution is 0.230. The molecule has 0 saturated heterocycles. The van der Waals surface area contributed by atoms with E-state index in [1.54, 1.807) is 0 Å². The fourth-order valence-corrected chi connectivity index (χ4v) is 3.15. The van der Waals surface area contributed by atoms with Crippen LogP contribution in [0.5, 0.6) is 0 Å². The highest BCUT2D eigenvalue weighted by Crippen LogP contribution is 2.30. The van der Waals surface area contributed by atoms with Crippen molar-refractivity contribution in [3.05, 3.63) is 0 Å². The van der Waals surface area contributed by atoms with Gasteiger partial charge in [-0.2, -0.15) is 0 Å². The summed E-state index contributed by atoms with van der Waals surface area (Å²) >= 11 is 0. The molecule has 0 aromatic heterocycles. The van der Waals surface area contributed by atoms with Crippen LogP contribution in [0, 0.1) is 0 Å². The van der Waals surface area contributed by atoms with E-state index in [-0.39, 0.29) is 5.54 Å². The second kappa shape index (κ2) is 4.42. The molecule has 0 bridgehead atoms. The first kappa shape index (κ1) is 11.4. The minimum absolute atomic E-state index is 0.112. The van der Waals surface area contributed by atoms with Crippen LogP contribution in [0.3, 0.4) is 0 Å². The van der Waals surface area contributed by atoms with Crippen molar-refractivity contribution in [1.29, 1.82) is 0 Å². The summed E-state index contributed by atoms with van der Waals surface area (Å²) < 4.78 is 0. The number of rotatable bonds is 3. The number of hydrogen-bond acceptors (Lipinski definition) is 2. The fourth-order valence-electron chi connectivity index (χ4n) is 3.15. The third-order valence-corrected chi connectivity index (χ3v) is 4.42. The fraction of sp³-hybridized carbons (Fsp3) is 1.00. The van der Waals surface area contributed by atoms with Gasteiger partial charge in [0.15, 0.2) is 0 Å². The quantitative estimate of drug-likeness (QED) is 0.751. The molecule has 0 aromatic carbocycles. The van der Waals surface area contributed by atoms with Crippen molar-refractivity contribution >= 4 is 0 Å². The van der Waals surface area contributed by atoms with Crippen molar-refractivity contribution < 1.29 is 0 Å². The van der Waals surface area contributed by atoms with Gasteiger partial charge in [0.25, 0.3) is 0 Å². The van der Waals surface area contributed by atoms with Crippen LogP contribution in [0.15, 0.2) is 0 Å². The Morgan fingerprint density at radius 1 is 0.933 bits per heavy atom. The Bertz CT molecular complexity index is 201. The van der Waals surface area contributed by atoms with Gasteiger partial charge in [0.1, 0.15) is 0 Å². The summed E-state index contributed by atoms with van der Waals surface area (Å²) in [6.07, 6.45) is 12.0. The van der Waals surface area contributed by atoms with Gasteiger partial charge in [-0.05, 0) is 32.6 Å². The molecule has 0 unspecified atom stereocenters. The Labute approximate surface area is 94.0 Å². The second-order valence-electron chi connectivity index (χ2n) is 6.04. The maximum atomic E-state index is 6.37. The summed E-state index contributed by atoms with van der Waals surface area (Å²) in [5, 5.41) is 3.76. The lowest BCUT2D eigenvalue weighted by Gasteiger charge is -2.38.